The highest BCUT2D eigenvalue weighted by atomic mass is 16.3. The van der Waals surface area contributed by atoms with Crippen LogP contribution in [0.5, 0.6) is 0 Å². The summed E-state index contributed by atoms with van der Waals surface area (Å²) in [5.74, 6) is -0.267. The highest BCUT2D eigenvalue weighted by molar-refractivity contribution is 6.05. The fourth-order valence-electron chi connectivity index (χ4n) is 3.32. The van der Waals surface area contributed by atoms with E-state index in [1.165, 1.54) is 17.9 Å². The largest absolute Gasteiger partial charge is 0.465 e. The molecule has 1 heterocycles. The predicted octanol–water partition coefficient (Wildman–Crippen LogP) is 5.53. The fraction of sp³-hybridized carbons (Fsp3) is 0.259. The lowest BCUT2D eigenvalue weighted by molar-refractivity contribution is -0.118. The first-order valence-electron chi connectivity index (χ1n) is 10.7. The first-order valence-corrected chi connectivity index (χ1v) is 10.7. The summed E-state index contributed by atoms with van der Waals surface area (Å²) in [4.78, 5) is 25.9. The van der Waals surface area contributed by atoms with E-state index >= 15 is 0 Å². The number of benzene rings is 2. The maximum Gasteiger partial charge on any atom is 0.268 e. The van der Waals surface area contributed by atoms with Crippen molar-refractivity contribution < 1.29 is 14.0 Å². The Morgan fingerprint density at radius 2 is 1.66 bits per heavy atom. The van der Waals surface area contributed by atoms with Crippen molar-refractivity contribution in [2.24, 2.45) is 0 Å². The number of nitrogens with one attached hydrogen (secondary N) is 2. The summed E-state index contributed by atoms with van der Waals surface area (Å²) in [6.07, 6.45) is 3.05. The van der Waals surface area contributed by atoms with Crippen molar-refractivity contribution in [2.45, 2.75) is 46.1 Å². The van der Waals surface area contributed by atoms with E-state index in [-0.39, 0.29) is 23.1 Å². The molecule has 0 unspecified atom stereocenters. The second-order valence-corrected chi connectivity index (χ2v) is 8.91. The van der Waals surface area contributed by atoms with Crippen molar-refractivity contribution in [1.29, 1.82) is 0 Å². The van der Waals surface area contributed by atoms with E-state index in [1.807, 2.05) is 38.1 Å². The SMILES string of the molecule is Cc1ccccc1C(=O)N/C(=C\c1ccco1)C(=O)N[C@H](C)c1ccc(C(C)(C)C)cc1. The molecule has 0 saturated carbocycles. The van der Waals surface area contributed by atoms with Crippen LogP contribution in [0, 0.1) is 6.92 Å². The molecule has 0 aliphatic carbocycles. The third-order valence-corrected chi connectivity index (χ3v) is 5.34. The molecule has 0 aliphatic heterocycles. The second kappa shape index (κ2) is 9.69. The van der Waals surface area contributed by atoms with Crippen LogP contribution in [0.1, 0.15) is 66.5 Å². The molecular formula is C27H30N2O3. The Balaban J connectivity index is 1.80. The first-order chi connectivity index (χ1) is 15.1. The van der Waals surface area contributed by atoms with Crippen LogP contribution in [-0.4, -0.2) is 11.8 Å². The molecule has 2 aromatic carbocycles. The molecule has 166 valence electrons. The molecule has 0 spiro atoms. The lowest BCUT2D eigenvalue weighted by atomic mass is 9.86. The van der Waals surface area contributed by atoms with Crippen LogP contribution < -0.4 is 10.6 Å². The maximum absolute atomic E-state index is 13.1. The highest BCUT2D eigenvalue weighted by Crippen LogP contribution is 2.24. The van der Waals surface area contributed by atoms with Crippen molar-refractivity contribution >= 4 is 17.9 Å². The summed E-state index contributed by atoms with van der Waals surface area (Å²) in [6.45, 7) is 10.3. The summed E-state index contributed by atoms with van der Waals surface area (Å²) in [5, 5.41) is 5.72. The quantitative estimate of drug-likeness (QED) is 0.505. The topological polar surface area (TPSA) is 71.3 Å². The molecule has 3 aromatic rings. The van der Waals surface area contributed by atoms with Gasteiger partial charge in [0, 0.05) is 11.6 Å². The number of hydrogen-bond donors (Lipinski definition) is 2. The van der Waals surface area contributed by atoms with Crippen LogP contribution in [0.25, 0.3) is 6.08 Å². The van der Waals surface area contributed by atoms with E-state index in [0.29, 0.717) is 11.3 Å². The zero-order valence-electron chi connectivity index (χ0n) is 19.2. The Hall–Kier alpha value is -3.60. The molecule has 32 heavy (non-hydrogen) atoms. The van der Waals surface area contributed by atoms with Gasteiger partial charge in [-0.05, 0) is 54.2 Å². The van der Waals surface area contributed by atoms with E-state index in [4.69, 9.17) is 4.42 Å². The summed E-state index contributed by atoms with van der Waals surface area (Å²) < 4.78 is 5.35. The second-order valence-electron chi connectivity index (χ2n) is 8.91. The Morgan fingerprint density at radius 1 is 0.969 bits per heavy atom. The minimum atomic E-state index is -0.393. The van der Waals surface area contributed by atoms with Gasteiger partial charge in [0.25, 0.3) is 11.8 Å². The van der Waals surface area contributed by atoms with E-state index < -0.39 is 5.91 Å². The Morgan fingerprint density at radius 3 is 2.25 bits per heavy atom. The summed E-state index contributed by atoms with van der Waals surface area (Å²) >= 11 is 0. The first kappa shape index (κ1) is 23.1. The number of amides is 2. The Bertz CT molecular complexity index is 1100. The summed E-state index contributed by atoms with van der Waals surface area (Å²) in [5.41, 5.74) is 3.72. The zero-order chi connectivity index (χ0) is 23.3. The van der Waals surface area contributed by atoms with Gasteiger partial charge in [-0.2, -0.15) is 0 Å². The van der Waals surface area contributed by atoms with Crippen molar-refractivity contribution in [3.63, 3.8) is 0 Å². The minimum absolute atomic E-state index is 0.0593. The number of carbonyl (C=O) groups excluding carboxylic acids is 2. The van der Waals surface area contributed by atoms with Gasteiger partial charge in [-0.15, -0.1) is 0 Å². The number of aryl methyl sites for hydroxylation is 1. The van der Waals surface area contributed by atoms with Gasteiger partial charge in [0.2, 0.25) is 0 Å². The molecule has 5 heteroatoms. The van der Waals surface area contributed by atoms with Crippen LogP contribution >= 0.6 is 0 Å². The monoisotopic (exact) mass is 430 g/mol. The van der Waals surface area contributed by atoms with Gasteiger partial charge in [0.15, 0.2) is 0 Å². The zero-order valence-corrected chi connectivity index (χ0v) is 19.2. The highest BCUT2D eigenvalue weighted by Gasteiger charge is 2.19. The molecule has 2 amide bonds. The Kier molecular flexibility index (Phi) is 6.98. The molecule has 1 aromatic heterocycles. The van der Waals surface area contributed by atoms with Crippen molar-refractivity contribution in [3.8, 4) is 0 Å². The average Bonchev–Trinajstić information content (AvgIpc) is 3.26. The number of carbonyl (C=O) groups is 2. The van der Waals surface area contributed by atoms with E-state index in [1.54, 1.807) is 24.3 Å². The van der Waals surface area contributed by atoms with Gasteiger partial charge in [-0.3, -0.25) is 9.59 Å². The van der Waals surface area contributed by atoms with E-state index in [9.17, 15) is 9.59 Å². The number of furan rings is 1. The predicted molar refractivity (Wildman–Crippen MR) is 127 cm³/mol. The third-order valence-electron chi connectivity index (χ3n) is 5.34. The fourth-order valence-corrected chi connectivity index (χ4v) is 3.32. The standard InChI is InChI=1S/C27H30N2O3/c1-18-9-6-7-11-23(18)25(30)29-24(17-22-10-8-16-32-22)26(31)28-19(2)20-12-14-21(15-13-20)27(3,4)5/h6-17,19H,1-5H3,(H,28,31)(H,29,30)/b24-17-/t19-/m1/s1. The summed E-state index contributed by atoms with van der Waals surface area (Å²) in [7, 11) is 0. The van der Waals surface area contributed by atoms with Gasteiger partial charge < -0.3 is 15.1 Å². The van der Waals surface area contributed by atoms with Crippen LogP contribution in [0.3, 0.4) is 0 Å². The lowest BCUT2D eigenvalue weighted by Crippen LogP contribution is -2.36. The Labute approximate surface area is 189 Å². The number of hydrogen-bond acceptors (Lipinski definition) is 3. The third kappa shape index (κ3) is 5.76. The van der Waals surface area contributed by atoms with Gasteiger partial charge in [-0.1, -0.05) is 63.2 Å². The summed E-state index contributed by atoms with van der Waals surface area (Å²) in [6, 6.07) is 18.7. The van der Waals surface area contributed by atoms with Gasteiger partial charge in [0.05, 0.1) is 12.3 Å². The average molecular weight is 431 g/mol. The molecule has 5 nitrogen and oxygen atoms in total. The molecule has 0 fully saturated rings. The molecule has 2 N–H and O–H groups in total. The molecule has 0 saturated heterocycles. The molecule has 0 bridgehead atoms. The smallest absolute Gasteiger partial charge is 0.268 e. The maximum atomic E-state index is 13.1. The molecule has 0 radical (unpaired) electrons. The molecule has 1 atom stereocenters. The molecular weight excluding hydrogens is 400 g/mol. The number of rotatable bonds is 6. The van der Waals surface area contributed by atoms with Crippen molar-refractivity contribution in [2.75, 3.05) is 0 Å². The van der Waals surface area contributed by atoms with Crippen LogP contribution in [-0.2, 0) is 10.2 Å². The van der Waals surface area contributed by atoms with Crippen LogP contribution in [0.15, 0.2) is 77.0 Å². The van der Waals surface area contributed by atoms with Crippen molar-refractivity contribution in [3.05, 3.63) is 101 Å². The van der Waals surface area contributed by atoms with Gasteiger partial charge >= 0.3 is 0 Å². The minimum Gasteiger partial charge on any atom is -0.465 e. The van der Waals surface area contributed by atoms with Gasteiger partial charge in [0.1, 0.15) is 11.5 Å². The van der Waals surface area contributed by atoms with E-state index in [0.717, 1.165) is 11.1 Å². The molecule has 3 rings (SSSR count). The normalized spacial score (nSPS) is 12.8. The lowest BCUT2D eigenvalue weighted by Gasteiger charge is -2.21. The van der Waals surface area contributed by atoms with Gasteiger partial charge in [-0.25, -0.2) is 0 Å². The molecule has 0 aliphatic rings. The van der Waals surface area contributed by atoms with Crippen molar-refractivity contribution in [1.82, 2.24) is 10.6 Å². The van der Waals surface area contributed by atoms with Crippen LogP contribution in [0.2, 0.25) is 0 Å². The van der Waals surface area contributed by atoms with Crippen LogP contribution in [0.4, 0.5) is 0 Å². The van der Waals surface area contributed by atoms with E-state index in [2.05, 4.69) is 43.5 Å².